The van der Waals surface area contributed by atoms with Gasteiger partial charge in [0.1, 0.15) is 0 Å². The highest BCUT2D eigenvalue weighted by Gasteiger charge is 2.41. The topological polar surface area (TPSA) is 78.4 Å². The molecule has 2 aliphatic heterocycles. The van der Waals surface area contributed by atoms with Crippen LogP contribution in [0.25, 0.3) is 0 Å². The van der Waals surface area contributed by atoms with Crippen molar-refractivity contribution in [2.75, 3.05) is 31.5 Å². The highest BCUT2D eigenvalue weighted by atomic mass is 32.2. The zero-order valence-corrected chi connectivity index (χ0v) is 15.1. The summed E-state index contributed by atoms with van der Waals surface area (Å²) in [5, 5.41) is 3.33. The molecule has 0 spiro atoms. The number of nitrogens with one attached hydrogen (secondary N) is 1. The molecule has 8 heteroatoms. The van der Waals surface area contributed by atoms with Crippen LogP contribution in [0.4, 0.5) is 5.95 Å². The van der Waals surface area contributed by atoms with Crippen LogP contribution in [0.2, 0.25) is 0 Å². The fourth-order valence-electron chi connectivity index (χ4n) is 3.65. The molecule has 0 saturated carbocycles. The summed E-state index contributed by atoms with van der Waals surface area (Å²) in [6.07, 6.45) is 8.48. The maximum atomic E-state index is 12.9. The van der Waals surface area contributed by atoms with Crippen LogP contribution in [-0.4, -0.2) is 59.2 Å². The highest BCUT2D eigenvalue weighted by Crippen LogP contribution is 2.28. The van der Waals surface area contributed by atoms with Crippen LogP contribution in [0, 0.1) is 5.92 Å². The lowest BCUT2D eigenvalue weighted by Crippen LogP contribution is -2.45. The standard InChI is InChI=1S/C16H27N5O2S/c1-2-7-14-12-21(24(22,23)20-10-4-3-5-11-20)13-15(14)19-16-17-8-6-9-18-16/h6,8-9,14-15H,2-5,7,10-13H2,1H3,(H,17,18,19)/t14-,15-/m0/s1. The average Bonchev–Trinajstić information content (AvgIpc) is 3.00. The van der Waals surface area contributed by atoms with Crippen LogP contribution in [0.3, 0.4) is 0 Å². The van der Waals surface area contributed by atoms with Gasteiger partial charge in [-0.3, -0.25) is 0 Å². The van der Waals surface area contributed by atoms with Crippen LogP contribution < -0.4 is 5.32 Å². The third-order valence-corrected chi connectivity index (χ3v) is 6.88. The van der Waals surface area contributed by atoms with Crippen molar-refractivity contribution in [1.29, 1.82) is 0 Å². The molecule has 1 aromatic heterocycles. The molecule has 1 N–H and O–H groups in total. The number of hydrogen-bond acceptors (Lipinski definition) is 5. The van der Waals surface area contributed by atoms with Crippen molar-refractivity contribution >= 4 is 16.2 Å². The van der Waals surface area contributed by atoms with Crippen LogP contribution in [0.15, 0.2) is 18.5 Å². The molecule has 2 fully saturated rings. The van der Waals surface area contributed by atoms with Gasteiger partial charge in [-0.05, 0) is 31.2 Å². The smallest absolute Gasteiger partial charge is 0.282 e. The largest absolute Gasteiger partial charge is 0.350 e. The summed E-state index contributed by atoms with van der Waals surface area (Å²) >= 11 is 0. The molecule has 0 aliphatic carbocycles. The van der Waals surface area contributed by atoms with Gasteiger partial charge < -0.3 is 5.32 Å². The summed E-state index contributed by atoms with van der Waals surface area (Å²) in [6, 6.07) is 1.84. The summed E-state index contributed by atoms with van der Waals surface area (Å²) < 4.78 is 29.2. The zero-order chi connectivity index (χ0) is 17.0. The van der Waals surface area contributed by atoms with Gasteiger partial charge in [0.05, 0.1) is 0 Å². The summed E-state index contributed by atoms with van der Waals surface area (Å²) in [5.74, 6) is 0.860. The van der Waals surface area contributed by atoms with E-state index in [1.807, 2.05) is 0 Å². The van der Waals surface area contributed by atoms with Crippen molar-refractivity contribution in [3.8, 4) is 0 Å². The molecule has 3 heterocycles. The number of hydrogen-bond donors (Lipinski definition) is 1. The van der Waals surface area contributed by atoms with Gasteiger partial charge in [0.25, 0.3) is 10.2 Å². The second kappa shape index (κ2) is 7.76. The van der Waals surface area contributed by atoms with Crippen molar-refractivity contribution in [3.05, 3.63) is 18.5 Å². The summed E-state index contributed by atoms with van der Waals surface area (Å²) in [5.41, 5.74) is 0. The number of aromatic nitrogens is 2. The van der Waals surface area contributed by atoms with Crippen LogP contribution in [-0.2, 0) is 10.2 Å². The summed E-state index contributed by atoms with van der Waals surface area (Å²) in [6.45, 7) is 4.51. The molecular weight excluding hydrogens is 326 g/mol. The first-order valence-electron chi connectivity index (χ1n) is 8.90. The molecule has 1 aromatic rings. The van der Waals surface area contributed by atoms with E-state index in [1.54, 1.807) is 27.1 Å². The van der Waals surface area contributed by atoms with Crippen molar-refractivity contribution in [2.24, 2.45) is 5.92 Å². The lowest BCUT2D eigenvalue weighted by atomic mass is 9.98. The first kappa shape index (κ1) is 17.6. The highest BCUT2D eigenvalue weighted by molar-refractivity contribution is 7.86. The predicted molar refractivity (Wildman–Crippen MR) is 93.8 cm³/mol. The van der Waals surface area contributed by atoms with Crippen molar-refractivity contribution in [2.45, 2.75) is 45.1 Å². The van der Waals surface area contributed by atoms with E-state index in [0.29, 0.717) is 38.0 Å². The normalized spacial score (nSPS) is 26.5. The first-order valence-corrected chi connectivity index (χ1v) is 10.3. The van der Waals surface area contributed by atoms with Gasteiger partial charge in [0.15, 0.2) is 0 Å². The minimum Gasteiger partial charge on any atom is -0.350 e. The predicted octanol–water partition coefficient (Wildman–Crippen LogP) is 1.72. The van der Waals surface area contributed by atoms with Gasteiger partial charge in [0.2, 0.25) is 5.95 Å². The summed E-state index contributed by atoms with van der Waals surface area (Å²) in [7, 11) is -3.35. The third-order valence-electron chi connectivity index (χ3n) is 4.91. The molecule has 3 rings (SSSR count). The fourth-order valence-corrected chi connectivity index (χ4v) is 5.42. The maximum absolute atomic E-state index is 12.9. The van der Waals surface area contributed by atoms with E-state index in [1.165, 1.54) is 0 Å². The monoisotopic (exact) mass is 353 g/mol. The van der Waals surface area contributed by atoms with E-state index in [4.69, 9.17) is 0 Å². The maximum Gasteiger partial charge on any atom is 0.282 e. The Morgan fingerprint density at radius 3 is 2.50 bits per heavy atom. The fraction of sp³-hybridized carbons (Fsp3) is 0.750. The van der Waals surface area contributed by atoms with Gasteiger partial charge in [-0.15, -0.1) is 0 Å². The second-order valence-corrected chi connectivity index (χ2v) is 8.58. The molecular formula is C16H27N5O2S. The molecule has 134 valence electrons. The molecule has 0 bridgehead atoms. The minimum absolute atomic E-state index is 0.0620. The quantitative estimate of drug-likeness (QED) is 0.842. The van der Waals surface area contributed by atoms with Crippen molar-refractivity contribution < 1.29 is 8.42 Å². The Labute approximate surface area is 144 Å². The number of anilines is 1. The summed E-state index contributed by atoms with van der Waals surface area (Å²) in [4.78, 5) is 8.43. The Morgan fingerprint density at radius 2 is 1.83 bits per heavy atom. The van der Waals surface area contributed by atoms with E-state index in [9.17, 15) is 8.42 Å². The number of rotatable bonds is 6. The Hall–Kier alpha value is -1.25. The van der Waals surface area contributed by atoms with E-state index < -0.39 is 10.2 Å². The van der Waals surface area contributed by atoms with Crippen molar-refractivity contribution in [3.63, 3.8) is 0 Å². The molecule has 24 heavy (non-hydrogen) atoms. The molecule has 2 saturated heterocycles. The Morgan fingerprint density at radius 1 is 1.12 bits per heavy atom. The molecule has 7 nitrogen and oxygen atoms in total. The third kappa shape index (κ3) is 3.87. The molecule has 2 aliphatic rings. The van der Waals surface area contributed by atoms with E-state index in [0.717, 1.165) is 32.1 Å². The number of piperidine rings is 1. The Kier molecular flexibility index (Phi) is 5.68. The molecule has 0 unspecified atom stereocenters. The molecule has 2 atom stereocenters. The van der Waals surface area contributed by atoms with Gasteiger partial charge in [0, 0.05) is 44.6 Å². The van der Waals surface area contributed by atoms with Crippen LogP contribution in [0.5, 0.6) is 0 Å². The minimum atomic E-state index is -3.35. The van der Waals surface area contributed by atoms with E-state index >= 15 is 0 Å². The molecule has 0 radical (unpaired) electrons. The molecule has 0 aromatic carbocycles. The van der Waals surface area contributed by atoms with Gasteiger partial charge in [-0.2, -0.15) is 17.0 Å². The van der Waals surface area contributed by atoms with Crippen LogP contribution in [0.1, 0.15) is 39.0 Å². The van der Waals surface area contributed by atoms with Gasteiger partial charge in [-0.25, -0.2) is 9.97 Å². The Bertz CT molecular complexity index is 619. The zero-order valence-electron chi connectivity index (χ0n) is 14.3. The number of nitrogens with zero attached hydrogens (tertiary/aromatic N) is 4. The lowest BCUT2D eigenvalue weighted by molar-refractivity contribution is 0.313. The lowest BCUT2D eigenvalue weighted by Gasteiger charge is -2.30. The van der Waals surface area contributed by atoms with Crippen LogP contribution >= 0.6 is 0 Å². The van der Waals surface area contributed by atoms with E-state index in [-0.39, 0.29) is 6.04 Å². The van der Waals surface area contributed by atoms with E-state index in [2.05, 4.69) is 22.2 Å². The molecule has 0 amide bonds. The second-order valence-electron chi connectivity index (χ2n) is 6.66. The SMILES string of the molecule is CCC[C@H]1CN(S(=O)(=O)N2CCCCC2)C[C@@H]1Nc1ncccn1. The van der Waals surface area contributed by atoms with Crippen molar-refractivity contribution in [1.82, 2.24) is 18.6 Å². The van der Waals surface area contributed by atoms with Gasteiger partial charge >= 0.3 is 0 Å². The average molecular weight is 353 g/mol. The van der Waals surface area contributed by atoms with Gasteiger partial charge in [-0.1, -0.05) is 19.8 Å². The Balaban J connectivity index is 1.71. The first-order chi connectivity index (χ1) is 11.6.